The zero-order chi connectivity index (χ0) is 35.3. The predicted molar refractivity (Wildman–Crippen MR) is 207 cm³/mol. The van der Waals surface area contributed by atoms with Gasteiger partial charge in [-0.2, -0.15) is 0 Å². The lowest BCUT2D eigenvalue weighted by atomic mass is 10.0. The summed E-state index contributed by atoms with van der Waals surface area (Å²) in [5.74, 6) is -0.220. The van der Waals surface area contributed by atoms with Crippen molar-refractivity contribution in [3.05, 3.63) is 36.0 Å². The van der Waals surface area contributed by atoms with Gasteiger partial charge in [-0.3, -0.25) is 4.79 Å². The molecule has 48 heavy (non-hydrogen) atoms. The van der Waals surface area contributed by atoms with Gasteiger partial charge in [0, 0.05) is 12.5 Å². The summed E-state index contributed by atoms with van der Waals surface area (Å²) < 4.78 is 11.5. The molecule has 0 rings (SSSR count). The molecule has 280 valence electrons. The van der Waals surface area contributed by atoms with Gasteiger partial charge in [0.15, 0.2) is 0 Å². The van der Waals surface area contributed by atoms with E-state index in [1.807, 2.05) is 14.1 Å². The van der Waals surface area contributed by atoms with Gasteiger partial charge in [0.1, 0.15) is 6.10 Å². The number of carbonyl (C=O) groups excluding carboxylic acids is 2. The van der Waals surface area contributed by atoms with E-state index in [0.717, 1.165) is 96.4 Å². The van der Waals surface area contributed by atoms with Gasteiger partial charge >= 0.3 is 11.9 Å². The third kappa shape index (κ3) is 34.0. The van der Waals surface area contributed by atoms with E-state index in [0.29, 0.717) is 13.0 Å². The van der Waals surface area contributed by atoms with E-state index in [1.165, 1.54) is 82.6 Å². The van der Waals surface area contributed by atoms with Crippen molar-refractivity contribution in [2.45, 2.75) is 200 Å². The lowest BCUT2D eigenvalue weighted by Crippen LogP contribution is -2.20. The number of nitrogens with zero attached hydrogens (tertiary/aromatic N) is 1. The minimum atomic E-state index is -0.174. The molecule has 0 spiro atoms. The van der Waals surface area contributed by atoms with Crippen LogP contribution in [0.5, 0.6) is 0 Å². The Morgan fingerprint density at radius 3 is 1.75 bits per heavy atom. The standard InChI is InChI=1S/C43H79NO4/c1-6-9-12-13-14-15-16-17-18-19-20-21-22-23-24-28-34-41(48-42(45)36-31-37-44(4)5)35-29-25-26-30-38-47-43(46)39-40(32-11-8-3)33-27-10-7-2/h14-15,17-18,39,41H,6-13,16,19-38H2,1-5H3/b15-14-,18-17-,40-39+. The molecule has 0 aromatic carbocycles. The Kier molecular flexibility index (Phi) is 35.0. The minimum Gasteiger partial charge on any atom is -0.463 e. The highest BCUT2D eigenvalue weighted by molar-refractivity contribution is 5.82. The molecule has 0 aromatic rings. The molecule has 0 amide bonds. The third-order valence-electron chi connectivity index (χ3n) is 8.95. The van der Waals surface area contributed by atoms with Crippen LogP contribution < -0.4 is 0 Å². The van der Waals surface area contributed by atoms with E-state index in [1.54, 1.807) is 6.08 Å². The second-order valence-corrected chi connectivity index (χ2v) is 14.1. The van der Waals surface area contributed by atoms with E-state index in [9.17, 15) is 9.59 Å². The molecular formula is C43H79NO4. The maximum absolute atomic E-state index is 12.5. The van der Waals surface area contributed by atoms with Crippen molar-refractivity contribution < 1.29 is 19.1 Å². The van der Waals surface area contributed by atoms with Crippen LogP contribution >= 0.6 is 0 Å². The summed E-state index contributed by atoms with van der Waals surface area (Å²) in [5, 5.41) is 0. The molecular weight excluding hydrogens is 594 g/mol. The quantitative estimate of drug-likeness (QED) is 0.0290. The molecule has 0 N–H and O–H groups in total. The van der Waals surface area contributed by atoms with Gasteiger partial charge in [-0.15, -0.1) is 0 Å². The van der Waals surface area contributed by atoms with Gasteiger partial charge in [-0.1, -0.05) is 121 Å². The highest BCUT2D eigenvalue weighted by Crippen LogP contribution is 2.19. The molecule has 1 atom stereocenters. The number of rotatable bonds is 35. The number of allylic oxidation sites excluding steroid dienone is 5. The Balaban J connectivity index is 4.28. The maximum Gasteiger partial charge on any atom is 0.330 e. The normalized spacial score (nSPS) is 12.8. The second-order valence-electron chi connectivity index (χ2n) is 14.1. The van der Waals surface area contributed by atoms with Crippen LogP contribution in [-0.4, -0.2) is 50.2 Å². The molecule has 0 fully saturated rings. The average molecular weight is 674 g/mol. The molecule has 1 unspecified atom stereocenters. The van der Waals surface area contributed by atoms with Crippen molar-refractivity contribution in [1.29, 1.82) is 0 Å². The molecule has 0 heterocycles. The van der Waals surface area contributed by atoms with E-state index < -0.39 is 0 Å². The molecule has 0 aromatic heterocycles. The topological polar surface area (TPSA) is 55.8 Å². The summed E-state index contributed by atoms with van der Waals surface area (Å²) in [5.41, 5.74) is 1.25. The number of carbonyl (C=O) groups is 2. The van der Waals surface area contributed by atoms with Crippen LogP contribution in [0.4, 0.5) is 0 Å². The highest BCUT2D eigenvalue weighted by Gasteiger charge is 2.14. The fraction of sp³-hybridized carbons (Fsp3) is 0.814. The Hall–Kier alpha value is -1.88. The van der Waals surface area contributed by atoms with E-state index in [-0.39, 0.29) is 18.0 Å². The SMILES string of the molecule is CCCCC/C=C\C/C=C\CCCCCCCCC(CCCCCCOC(=O)/C=C(\CCCC)CCCCC)OC(=O)CCCN(C)C. The monoisotopic (exact) mass is 674 g/mol. The predicted octanol–water partition coefficient (Wildman–Crippen LogP) is 12.6. The summed E-state index contributed by atoms with van der Waals surface area (Å²) in [6, 6.07) is 0. The lowest BCUT2D eigenvalue weighted by Gasteiger charge is -2.18. The molecule has 0 saturated carbocycles. The molecule has 0 radical (unpaired) electrons. The van der Waals surface area contributed by atoms with E-state index in [4.69, 9.17) is 9.47 Å². The third-order valence-corrected chi connectivity index (χ3v) is 8.95. The molecule has 0 aliphatic rings. The van der Waals surface area contributed by atoms with Crippen LogP contribution in [0.1, 0.15) is 194 Å². The van der Waals surface area contributed by atoms with Crippen molar-refractivity contribution >= 4 is 11.9 Å². The first-order chi connectivity index (χ1) is 23.4. The van der Waals surface area contributed by atoms with Crippen molar-refractivity contribution in [3.63, 3.8) is 0 Å². The van der Waals surface area contributed by atoms with Crippen molar-refractivity contribution in [2.75, 3.05) is 27.2 Å². The van der Waals surface area contributed by atoms with Gasteiger partial charge < -0.3 is 14.4 Å². The summed E-state index contributed by atoms with van der Waals surface area (Å²) in [7, 11) is 4.08. The van der Waals surface area contributed by atoms with Crippen LogP contribution in [0, 0.1) is 0 Å². The van der Waals surface area contributed by atoms with E-state index in [2.05, 4.69) is 50.0 Å². The fourth-order valence-electron chi connectivity index (χ4n) is 5.89. The number of ether oxygens (including phenoxy) is 2. The van der Waals surface area contributed by atoms with Gasteiger partial charge in [0.05, 0.1) is 6.61 Å². The summed E-state index contributed by atoms with van der Waals surface area (Å²) >= 11 is 0. The first-order valence-corrected chi connectivity index (χ1v) is 20.4. The Morgan fingerprint density at radius 1 is 0.583 bits per heavy atom. The summed E-state index contributed by atoms with van der Waals surface area (Å²) in [6.45, 7) is 8.05. The zero-order valence-corrected chi connectivity index (χ0v) is 32.6. The van der Waals surface area contributed by atoms with E-state index >= 15 is 0 Å². The minimum absolute atomic E-state index is 0.0277. The first kappa shape index (κ1) is 46.1. The van der Waals surface area contributed by atoms with Crippen molar-refractivity contribution in [2.24, 2.45) is 0 Å². The Labute approximate surface area is 298 Å². The molecule has 0 aliphatic carbocycles. The largest absolute Gasteiger partial charge is 0.463 e. The smallest absolute Gasteiger partial charge is 0.330 e. The summed E-state index contributed by atoms with van der Waals surface area (Å²) in [4.78, 5) is 27.0. The number of hydrogen-bond donors (Lipinski definition) is 0. The Bertz CT molecular complexity index is 816. The molecule has 5 heteroatoms. The fourth-order valence-corrected chi connectivity index (χ4v) is 5.89. The zero-order valence-electron chi connectivity index (χ0n) is 32.6. The lowest BCUT2D eigenvalue weighted by molar-refractivity contribution is -0.150. The maximum atomic E-state index is 12.5. The van der Waals surface area contributed by atoms with Crippen molar-refractivity contribution in [3.8, 4) is 0 Å². The van der Waals surface area contributed by atoms with Gasteiger partial charge in [-0.25, -0.2) is 4.79 Å². The van der Waals surface area contributed by atoms with Gasteiger partial charge in [0.2, 0.25) is 0 Å². The average Bonchev–Trinajstić information content (AvgIpc) is 3.06. The van der Waals surface area contributed by atoms with Gasteiger partial charge in [-0.05, 0) is 117 Å². The molecule has 0 aliphatic heterocycles. The van der Waals surface area contributed by atoms with Crippen LogP contribution in [0.2, 0.25) is 0 Å². The molecule has 5 nitrogen and oxygen atoms in total. The molecule has 0 saturated heterocycles. The number of unbranched alkanes of at least 4 members (excludes halogenated alkanes) is 15. The highest BCUT2D eigenvalue weighted by atomic mass is 16.5. The van der Waals surface area contributed by atoms with Crippen LogP contribution in [0.3, 0.4) is 0 Å². The number of esters is 2. The van der Waals surface area contributed by atoms with Crippen LogP contribution in [0.15, 0.2) is 36.0 Å². The first-order valence-electron chi connectivity index (χ1n) is 20.4. The number of hydrogen-bond acceptors (Lipinski definition) is 5. The van der Waals surface area contributed by atoms with Crippen LogP contribution in [-0.2, 0) is 19.1 Å². The van der Waals surface area contributed by atoms with Crippen LogP contribution in [0.25, 0.3) is 0 Å². The van der Waals surface area contributed by atoms with Crippen molar-refractivity contribution in [1.82, 2.24) is 4.90 Å². The summed E-state index contributed by atoms with van der Waals surface area (Å²) in [6.07, 6.45) is 41.1. The van der Waals surface area contributed by atoms with Gasteiger partial charge in [0.25, 0.3) is 0 Å². The molecule has 0 bridgehead atoms. The second kappa shape index (κ2) is 36.4. The Morgan fingerprint density at radius 2 is 1.12 bits per heavy atom.